The maximum Gasteiger partial charge on any atom is 0.305 e. The molecule has 7 heteroatoms. The minimum absolute atomic E-state index is 0.121. The summed E-state index contributed by atoms with van der Waals surface area (Å²) >= 11 is 3.27. The Hall–Kier alpha value is -1.86. The zero-order valence-corrected chi connectivity index (χ0v) is 15.5. The van der Waals surface area contributed by atoms with Crippen molar-refractivity contribution in [1.29, 1.82) is 0 Å². The Morgan fingerprint density at radius 1 is 1.08 bits per heavy atom. The van der Waals surface area contributed by atoms with Crippen molar-refractivity contribution >= 4 is 37.6 Å². The zero-order chi connectivity index (χ0) is 17.7. The smallest absolute Gasteiger partial charge is 0.305 e. The van der Waals surface area contributed by atoms with Gasteiger partial charge in [-0.15, -0.1) is 0 Å². The molecule has 0 spiro atoms. The Morgan fingerprint density at radius 2 is 1.67 bits per heavy atom. The lowest BCUT2D eigenvalue weighted by molar-refractivity contribution is -0.136. The molecule has 0 aliphatic rings. The first kappa shape index (κ1) is 18.5. The SMILES string of the molecule is CCc1ccc(N(CCC(=O)O)S(=O)(=O)c2ccc(Br)cc2)cc1. The summed E-state index contributed by atoms with van der Waals surface area (Å²) in [7, 11) is -3.84. The van der Waals surface area contributed by atoms with Gasteiger partial charge >= 0.3 is 5.97 Å². The van der Waals surface area contributed by atoms with Gasteiger partial charge in [0, 0.05) is 11.0 Å². The van der Waals surface area contributed by atoms with Gasteiger partial charge in [0.05, 0.1) is 17.0 Å². The zero-order valence-electron chi connectivity index (χ0n) is 13.1. The number of sulfonamides is 1. The van der Waals surface area contributed by atoms with Crippen LogP contribution in [0.25, 0.3) is 0 Å². The van der Waals surface area contributed by atoms with Crippen LogP contribution in [0, 0.1) is 0 Å². The van der Waals surface area contributed by atoms with Gasteiger partial charge < -0.3 is 5.11 Å². The number of halogens is 1. The van der Waals surface area contributed by atoms with Crippen molar-refractivity contribution in [2.75, 3.05) is 10.8 Å². The molecule has 2 aromatic carbocycles. The van der Waals surface area contributed by atoms with Crippen LogP contribution in [0.15, 0.2) is 57.9 Å². The molecule has 24 heavy (non-hydrogen) atoms. The number of carbonyl (C=O) groups is 1. The van der Waals surface area contributed by atoms with Gasteiger partial charge in [-0.2, -0.15) is 0 Å². The minimum Gasteiger partial charge on any atom is -0.481 e. The van der Waals surface area contributed by atoms with Crippen LogP contribution in [0.5, 0.6) is 0 Å². The van der Waals surface area contributed by atoms with E-state index in [0.29, 0.717) is 5.69 Å². The number of rotatable bonds is 7. The Bertz CT molecular complexity index is 801. The van der Waals surface area contributed by atoms with E-state index in [0.717, 1.165) is 20.8 Å². The molecular formula is C17H18BrNO4S. The van der Waals surface area contributed by atoms with Crippen LogP contribution < -0.4 is 4.31 Å². The topological polar surface area (TPSA) is 74.7 Å². The lowest BCUT2D eigenvalue weighted by Crippen LogP contribution is -2.33. The monoisotopic (exact) mass is 411 g/mol. The third kappa shape index (κ3) is 4.36. The molecule has 0 atom stereocenters. The molecule has 2 aromatic rings. The molecule has 0 aliphatic heterocycles. The molecule has 0 aromatic heterocycles. The molecule has 0 amide bonds. The van der Waals surface area contributed by atoms with Crippen molar-refractivity contribution in [2.45, 2.75) is 24.7 Å². The summed E-state index contributed by atoms with van der Waals surface area (Å²) in [6.45, 7) is 1.88. The number of hydrogen-bond donors (Lipinski definition) is 1. The lowest BCUT2D eigenvalue weighted by atomic mass is 10.1. The Labute approximate surface area is 150 Å². The molecule has 2 rings (SSSR count). The number of anilines is 1. The van der Waals surface area contributed by atoms with E-state index in [1.165, 1.54) is 12.1 Å². The largest absolute Gasteiger partial charge is 0.481 e. The van der Waals surface area contributed by atoms with E-state index in [9.17, 15) is 13.2 Å². The second-order valence-electron chi connectivity index (χ2n) is 5.19. The van der Waals surface area contributed by atoms with Crippen molar-refractivity contribution in [3.63, 3.8) is 0 Å². The molecule has 0 bridgehead atoms. The van der Waals surface area contributed by atoms with Crippen LogP contribution in [-0.2, 0) is 21.2 Å². The summed E-state index contributed by atoms with van der Waals surface area (Å²) in [6, 6.07) is 13.4. The van der Waals surface area contributed by atoms with Crippen LogP contribution in [0.3, 0.4) is 0 Å². The van der Waals surface area contributed by atoms with Crippen LogP contribution in [0.1, 0.15) is 18.9 Å². The third-order valence-electron chi connectivity index (χ3n) is 3.56. The fourth-order valence-electron chi connectivity index (χ4n) is 2.22. The molecule has 0 saturated heterocycles. The van der Waals surface area contributed by atoms with E-state index < -0.39 is 16.0 Å². The first-order valence-corrected chi connectivity index (χ1v) is 9.67. The summed E-state index contributed by atoms with van der Waals surface area (Å²) in [5.41, 5.74) is 1.54. The van der Waals surface area contributed by atoms with Gasteiger partial charge in [-0.25, -0.2) is 8.42 Å². The molecular weight excluding hydrogens is 394 g/mol. The average Bonchev–Trinajstić information content (AvgIpc) is 2.55. The average molecular weight is 412 g/mol. The Kier molecular flexibility index (Phi) is 6.01. The summed E-state index contributed by atoms with van der Waals surface area (Å²) in [5.74, 6) is -1.05. The summed E-state index contributed by atoms with van der Waals surface area (Å²) in [5, 5.41) is 8.94. The predicted octanol–water partition coefficient (Wildman–Crippen LogP) is 3.68. The maximum atomic E-state index is 12.9. The highest BCUT2D eigenvalue weighted by molar-refractivity contribution is 9.10. The first-order valence-electron chi connectivity index (χ1n) is 7.43. The van der Waals surface area contributed by atoms with Gasteiger partial charge in [-0.3, -0.25) is 9.10 Å². The number of benzene rings is 2. The Balaban J connectivity index is 2.43. The molecule has 0 heterocycles. The van der Waals surface area contributed by atoms with E-state index in [4.69, 9.17) is 5.11 Å². The van der Waals surface area contributed by atoms with E-state index in [2.05, 4.69) is 15.9 Å². The quantitative estimate of drug-likeness (QED) is 0.753. The van der Waals surface area contributed by atoms with E-state index in [1.807, 2.05) is 19.1 Å². The van der Waals surface area contributed by atoms with Crippen LogP contribution >= 0.6 is 15.9 Å². The second kappa shape index (κ2) is 7.81. The minimum atomic E-state index is -3.84. The number of aliphatic carboxylic acids is 1. The number of carboxylic acid groups (broad SMARTS) is 1. The van der Waals surface area contributed by atoms with Crippen molar-refractivity contribution in [1.82, 2.24) is 0 Å². The fourth-order valence-corrected chi connectivity index (χ4v) is 3.95. The molecule has 0 aliphatic carbocycles. The molecule has 0 saturated carbocycles. The van der Waals surface area contributed by atoms with Crippen LogP contribution in [-0.4, -0.2) is 26.0 Å². The maximum absolute atomic E-state index is 12.9. The van der Waals surface area contributed by atoms with Gasteiger partial charge in [-0.05, 0) is 48.4 Å². The fraction of sp³-hybridized carbons (Fsp3) is 0.235. The van der Waals surface area contributed by atoms with Crippen LogP contribution in [0.4, 0.5) is 5.69 Å². The van der Waals surface area contributed by atoms with E-state index in [1.54, 1.807) is 24.3 Å². The molecule has 0 unspecified atom stereocenters. The molecule has 1 N–H and O–H groups in total. The number of carboxylic acids is 1. The number of hydrogen-bond acceptors (Lipinski definition) is 3. The first-order chi connectivity index (χ1) is 11.3. The summed E-state index contributed by atoms with van der Waals surface area (Å²) in [4.78, 5) is 11.0. The highest BCUT2D eigenvalue weighted by Gasteiger charge is 2.25. The van der Waals surface area contributed by atoms with E-state index >= 15 is 0 Å². The summed E-state index contributed by atoms with van der Waals surface area (Å²) in [6.07, 6.45) is 0.570. The third-order valence-corrected chi connectivity index (χ3v) is 5.93. The number of aryl methyl sites for hydroxylation is 1. The molecule has 128 valence electrons. The van der Waals surface area contributed by atoms with Crippen molar-refractivity contribution in [3.8, 4) is 0 Å². The van der Waals surface area contributed by atoms with Crippen molar-refractivity contribution in [3.05, 3.63) is 58.6 Å². The molecule has 5 nitrogen and oxygen atoms in total. The van der Waals surface area contributed by atoms with Crippen molar-refractivity contribution < 1.29 is 18.3 Å². The van der Waals surface area contributed by atoms with Gasteiger partial charge in [0.25, 0.3) is 10.0 Å². The van der Waals surface area contributed by atoms with Gasteiger partial charge in [-0.1, -0.05) is 35.0 Å². The highest BCUT2D eigenvalue weighted by Crippen LogP contribution is 2.25. The highest BCUT2D eigenvalue weighted by atomic mass is 79.9. The van der Waals surface area contributed by atoms with Gasteiger partial charge in [0.2, 0.25) is 0 Å². The van der Waals surface area contributed by atoms with Gasteiger partial charge in [0.1, 0.15) is 0 Å². The van der Waals surface area contributed by atoms with Crippen LogP contribution in [0.2, 0.25) is 0 Å². The normalized spacial score (nSPS) is 11.2. The van der Waals surface area contributed by atoms with Crippen molar-refractivity contribution in [2.24, 2.45) is 0 Å². The van der Waals surface area contributed by atoms with Gasteiger partial charge in [0.15, 0.2) is 0 Å². The second-order valence-corrected chi connectivity index (χ2v) is 7.97. The number of nitrogens with zero attached hydrogens (tertiary/aromatic N) is 1. The predicted molar refractivity (Wildman–Crippen MR) is 96.7 cm³/mol. The Morgan fingerprint density at radius 3 is 2.17 bits per heavy atom. The molecule has 0 fully saturated rings. The lowest BCUT2D eigenvalue weighted by Gasteiger charge is -2.24. The molecule has 0 radical (unpaired) electrons. The standard InChI is InChI=1S/C17H18BrNO4S/c1-2-13-3-7-15(8-4-13)19(12-11-17(20)21)24(22,23)16-9-5-14(18)6-10-16/h3-10H,2,11-12H2,1H3,(H,20,21). The van der Waals surface area contributed by atoms with E-state index in [-0.39, 0.29) is 17.9 Å². The summed E-state index contributed by atoms with van der Waals surface area (Å²) < 4.78 is 27.8.